The van der Waals surface area contributed by atoms with Crippen molar-refractivity contribution in [3.8, 4) is 28.8 Å². The van der Waals surface area contributed by atoms with Gasteiger partial charge in [-0.2, -0.15) is 0 Å². The number of pyridine rings is 1. The van der Waals surface area contributed by atoms with Crippen LogP contribution < -0.4 is 4.74 Å². The molecule has 0 amide bonds. The maximum Gasteiger partial charge on any atom is 0.133 e. The third kappa shape index (κ3) is 5.01. The van der Waals surface area contributed by atoms with Crippen LogP contribution in [0, 0.1) is 24.7 Å². The molecule has 1 aliphatic carbocycles. The van der Waals surface area contributed by atoms with Crippen molar-refractivity contribution >= 4 is 11.6 Å². The summed E-state index contributed by atoms with van der Waals surface area (Å²) in [5, 5.41) is 0.403. The zero-order valence-electron chi connectivity index (χ0n) is 15.3. The van der Waals surface area contributed by atoms with Crippen LogP contribution in [0.2, 0.25) is 5.15 Å². The Morgan fingerprint density at radius 2 is 2.11 bits per heavy atom. The van der Waals surface area contributed by atoms with E-state index in [4.69, 9.17) is 25.8 Å². The molecular formula is C22H22ClNO3. The second-order valence-corrected chi connectivity index (χ2v) is 7.35. The lowest BCUT2D eigenvalue weighted by atomic mass is 10.0. The molecule has 1 atom stereocenters. The number of benzene rings is 1. The molecule has 27 heavy (non-hydrogen) atoms. The van der Waals surface area contributed by atoms with Gasteiger partial charge in [-0.25, -0.2) is 4.98 Å². The summed E-state index contributed by atoms with van der Waals surface area (Å²) < 4.78 is 16.9. The van der Waals surface area contributed by atoms with Crippen LogP contribution in [0.5, 0.6) is 5.75 Å². The molecule has 2 fully saturated rings. The highest BCUT2D eigenvalue weighted by molar-refractivity contribution is 6.29. The van der Waals surface area contributed by atoms with E-state index in [0.717, 1.165) is 22.4 Å². The first kappa shape index (κ1) is 18.3. The van der Waals surface area contributed by atoms with Crippen molar-refractivity contribution in [2.75, 3.05) is 26.4 Å². The molecule has 2 heterocycles. The minimum atomic E-state index is -0.0554. The van der Waals surface area contributed by atoms with Gasteiger partial charge < -0.3 is 14.2 Å². The van der Waals surface area contributed by atoms with Crippen molar-refractivity contribution in [1.82, 2.24) is 4.98 Å². The fourth-order valence-corrected chi connectivity index (χ4v) is 3.16. The molecule has 1 aromatic heterocycles. The number of ether oxygens (including phenoxy) is 3. The van der Waals surface area contributed by atoms with Crippen LogP contribution in [0.25, 0.3) is 11.3 Å². The highest BCUT2D eigenvalue weighted by Gasteiger charge is 2.18. The molecule has 1 unspecified atom stereocenters. The van der Waals surface area contributed by atoms with E-state index in [-0.39, 0.29) is 6.10 Å². The minimum Gasteiger partial charge on any atom is -0.491 e. The zero-order chi connectivity index (χ0) is 18.6. The van der Waals surface area contributed by atoms with E-state index in [1.54, 1.807) is 6.07 Å². The van der Waals surface area contributed by atoms with E-state index in [0.29, 0.717) is 43.2 Å². The van der Waals surface area contributed by atoms with Gasteiger partial charge in [0.05, 0.1) is 25.5 Å². The summed E-state index contributed by atoms with van der Waals surface area (Å²) in [6.07, 6.45) is 2.41. The van der Waals surface area contributed by atoms with Gasteiger partial charge in [0.1, 0.15) is 23.6 Å². The van der Waals surface area contributed by atoms with E-state index in [1.165, 1.54) is 12.8 Å². The summed E-state index contributed by atoms with van der Waals surface area (Å²) >= 11 is 6.23. The Morgan fingerprint density at radius 1 is 1.22 bits per heavy atom. The first-order chi connectivity index (χ1) is 13.2. The van der Waals surface area contributed by atoms with E-state index >= 15 is 0 Å². The molecular weight excluding hydrogens is 362 g/mol. The Labute approximate surface area is 164 Å². The molecule has 1 aromatic carbocycles. The van der Waals surface area contributed by atoms with Gasteiger partial charge in [0.2, 0.25) is 0 Å². The maximum absolute atomic E-state index is 6.23. The summed E-state index contributed by atoms with van der Waals surface area (Å²) in [7, 11) is 0. The third-order valence-corrected chi connectivity index (χ3v) is 4.78. The molecule has 2 aliphatic rings. The van der Waals surface area contributed by atoms with E-state index in [9.17, 15) is 0 Å². The van der Waals surface area contributed by atoms with Crippen LogP contribution in [0.4, 0.5) is 0 Å². The second kappa shape index (κ2) is 8.31. The largest absolute Gasteiger partial charge is 0.491 e. The third-order valence-electron chi connectivity index (χ3n) is 4.59. The molecule has 4 rings (SSSR count). The normalized spacial score (nSPS) is 19.3. The van der Waals surface area contributed by atoms with Crippen molar-refractivity contribution in [2.45, 2.75) is 25.9 Å². The lowest BCUT2D eigenvalue weighted by molar-refractivity contribution is -0.101. The Hall–Kier alpha value is -2.06. The Balaban J connectivity index is 1.50. The molecule has 5 heteroatoms. The maximum atomic E-state index is 6.23. The lowest BCUT2D eigenvalue weighted by Crippen LogP contribution is -2.33. The number of halogens is 1. The van der Waals surface area contributed by atoms with E-state index in [1.807, 2.05) is 18.2 Å². The molecule has 1 saturated carbocycles. The van der Waals surface area contributed by atoms with Crippen LogP contribution in [-0.2, 0) is 9.47 Å². The van der Waals surface area contributed by atoms with Crippen molar-refractivity contribution in [3.05, 3.63) is 46.6 Å². The summed E-state index contributed by atoms with van der Waals surface area (Å²) in [4.78, 5) is 4.47. The highest BCUT2D eigenvalue weighted by atomic mass is 35.5. The smallest absolute Gasteiger partial charge is 0.133 e. The first-order valence-electron chi connectivity index (χ1n) is 9.30. The molecule has 0 spiro atoms. The quantitative estimate of drug-likeness (QED) is 0.584. The predicted octanol–water partition coefficient (Wildman–Crippen LogP) is 4.27. The fraction of sp³-hybridized carbons (Fsp3) is 0.409. The van der Waals surface area contributed by atoms with Crippen molar-refractivity contribution < 1.29 is 14.2 Å². The van der Waals surface area contributed by atoms with Gasteiger partial charge >= 0.3 is 0 Å². The SMILES string of the molecule is Cc1cc(C#CC2CC2)ccc1-c1cc(OCC2COCCO2)cc(Cl)n1. The summed E-state index contributed by atoms with van der Waals surface area (Å²) in [6.45, 7) is 4.28. The van der Waals surface area contributed by atoms with E-state index in [2.05, 4.69) is 29.8 Å². The van der Waals surface area contributed by atoms with E-state index < -0.39 is 0 Å². The molecule has 0 N–H and O–H groups in total. The van der Waals surface area contributed by atoms with Crippen LogP contribution >= 0.6 is 11.6 Å². The van der Waals surface area contributed by atoms with Crippen LogP contribution in [0.1, 0.15) is 24.0 Å². The van der Waals surface area contributed by atoms with Crippen LogP contribution in [0.15, 0.2) is 30.3 Å². The van der Waals surface area contributed by atoms with Crippen molar-refractivity contribution in [2.24, 2.45) is 5.92 Å². The molecule has 4 nitrogen and oxygen atoms in total. The fourth-order valence-electron chi connectivity index (χ4n) is 2.96. The number of hydrogen-bond donors (Lipinski definition) is 0. The van der Waals surface area contributed by atoms with Gasteiger partial charge in [-0.15, -0.1) is 0 Å². The number of hydrogen-bond acceptors (Lipinski definition) is 4. The summed E-state index contributed by atoms with van der Waals surface area (Å²) in [5.74, 6) is 7.83. The highest BCUT2D eigenvalue weighted by Crippen LogP contribution is 2.29. The molecule has 1 aliphatic heterocycles. The monoisotopic (exact) mass is 383 g/mol. The second-order valence-electron chi connectivity index (χ2n) is 6.96. The standard InChI is InChI=1S/C22H22ClNO3/c1-15-10-17(5-4-16-2-3-16)6-7-20(15)21-11-18(12-22(23)24-21)27-14-19-13-25-8-9-26-19/h6-7,10-12,16,19H,2-3,8-9,13-14H2,1H3. The Bertz CT molecular complexity index is 877. The number of aromatic nitrogens is 1. The molecule has 2 aromatic rings. The van der Waals surface area contributed by atoms with Gasteiger partial charge in [0, 0.05) is 29.2 Å². The Morgan fingerprint density at radius 3 is 2.85 bits per heavy atom. The molecule has 140 valence electrons. The van der Waals surface area contributed by atoms with Crippen molar-refractivity contribution in [3.63, 3.8) is 0 Å². The van der Waals surface area contributed by atoms with Gasteiger partial charge in [-0.1, -0.05) is 29.5 Å². The van der Waals surface area contributed by atoms with Gasteiger partial charge in [-0.05, 0) is 37.5 Å². The lowest BCUT2D eigenvalue weighted by Gasteiger charge is -2.23. The number of rotatable bonds is 4. The van der Waals surface area contributed by atoms with Gasteiger partial charge in [0.25, 0.3) is 0 Å². The zero-order valence-corrected chi connectivity index (χ0v) is 16.1. The van der Waals surface area contributed by atoms with Crippen molar-refractivity contribution in [1.29, 1.82) is 0 Å². The van der Waals surface area contributed by atoms with Crippen LogP contribution in [-0.4, -0.2) is 37.5 Å². The van der Waals surface area contributed by atoms with Gasteiger partial charge in [-0.3, -0.25) is 0 Å². The topological polar surface area (TPSA) is 40.6 Å². The number of aryl methyl sites for hydroxylation is 1. The average Bonchev–Trinajstić information content (AvgIpc) is 3.50. The molecule has 0 bridgehead atoms. The Kier molecular flexibility index (Phi) is 5.63. The predicted molar refractivity (Wildman–Crippen MR) is 105 cm³/mol. The summed E-state index contributed by atoms with van der Waals surface area (Å²) in [5.41, 5.74) is 3.97. The average molecular weight is 384 g/mol. The summed E-state index contributed by atoms with van der Waals surface area (Å²) in [6, 6.07) is 9.81. The molecule has 1 saturated heterocycles. The van der Waals surface area contributed by atoms with Gasteiger partial charge in [0.15, 0.2) is 0 Å². The first-order valence-corrected chi connectivity index (χ1v) is 9.67. The van der Waals surface area contributed by atoms with Crippen LogP contribution in [0.3, 0.4) is 0 Å². The minimum absolute atomic E-state index is 0.0554. The molecule has 0 radical (unpaired) electrons. The number of nitrogens with zero attached hydrogens (tertiary/aromatic N) is 1.